The maximum atomic E-state index is 13.5. The Morgan fingerprint density at radius 2 is 2.04 bits per heavy atom. The molecule has 0 radical (unpaired) electrons. The Balaban J connectivity index is 1.61. The Kier molecular flexibility index (Phi) is 4.63. The first kappa shape index (κ1) is 15.2. The normalized spacial score (nSPS) is 10.3. The molecule has 1 aromatic carbocycles. The van der Waals surface area contributed by atoms with Crippen LogP contribution in [0.1, 0.15) is 5.56 Å². The third kappa shape index (κ3) is 3.92. The molecule has 0 bridgehead atoms. The van der Waals surface area contributed by atoms with Crippen molar-refractivity contribution < 1.29 is 9.18 Å². The van der Waals surface area contributed by atoms with Crippen LogP contribution in [0.5, 0.6) is 0 Å². The molecule has 0 saturated carbocycles. The number of anilines is 1. The largest absolute Gasteiger partial charge is 0.334 e. The summed E-state index contributed by atoms with van der Waals surface area (Å²) in [5.74, 6) is -0.469. The molecule has 2 heterocycles. The second-order valence-electron chi connectivity index (χ2n) is 4.88. The van der Waals surface area contributed by atoms with Crippen molar-refractivity contribution in [1.82, 2.24) is 10.3 Å². The number of carbonyl (C=O) groups excluding carboxylic acids is 1. The molecule has 3 aromatic rings. The molecule has 2 N–H and O–H groups in total. The monoisotopic (exact) mass is 327 g/mol. The van der Waals surface area contributed by atoms with Crippen molar-refractivity contribution >= 4 is 23.1 Å². The summed E-state index contributed by atoms with van der Waals surface area (Å²) < 4.78 is 13.5. The number of aromatic nitrogens is 1. The van der Waals surface area contributed by atoms with Crippen LogP contribution in [0.3, 0.4) is 0 Å². The number of pyridine rings is 1. The van der Waals surface area contributed by atoms with Crippen molar-refractivity contribution in [3.8, 4) is 11.1 Å². The summed E-state index contributed by atoms with van der Waals surface area (Å²) in [5, 5.41) is 9.21. The Labute approximate surface area is 137 Å². The topological polar surface area (TPSA) is 54.0 Å². The van der Waals surface area contributed by atoms with E-state index in [0.29, 0.717) is 6.54 Å². The van der Waals surface area contributed by atoms with E-state index >= 15 is 0 Å². The van der Waals surface area contributed by atoms with E-state index in [4.69, 9.17) is 0 Å². The zero-order chi connectivity index (χ0) is 16.1. The van der Waals surface area contributed by atoms with Gasteiger partial charge in [-0.25, -0.2) is 9.18 Å². The van der Waals surface area contributed by atoms with Crippen LogP contribution in [-0.4, -0.2) is 11.0 Å². The SMILES string of the molecule is O=C(NCc1cncc(-c2ccsc2)c1)Nc1ccccc1F. The van der Waals surface area contributed by atoms with Gasteiger partial charge in [-0.1, -0.05) is 12.1 Å². The molecular formula is C17H14FN3OS. The first-order valence-corrected chi connectivity index (χ1v) is 7.92. The lowest BCUT2D eigenvalue weighted by molar-refractivity contribution is 0.251. The molecule has 4 nitrogen and oxygen atoms in total. The maximum absolute atomic E-state index is 13.5. The van der Waals surface area contributed by atoms with E-state index in [2.05, 4.69) is 15.6 Å². The van der Waals surface area contributed by atoms with E-state index in [0.717, 1.165) is 16.7 Å². The quantitative estimate of drug-likeness (QED) is 0.752. The zero-order valence-electron chi connectivity index (χ0n) is 12.1. The van der Waals surface area contributed by atoms with Crippen molar-refractivity contribution in [2.24, 2.45) is 0 Å². The minimum atomic E-state index is -0.469. The van der Waals surface area contributed by atoms with E-state index in [1.165, 1.54) is 12.1 Å². The molecule has 0 aliphatic carbocycles. The molecule has 6 heteroatoms. The molecule has 0 spiro atoms. The fraction of sp³-hybridized carbons (Fsp3) is 0.0588. The molecule has 3 rings (SSSR count). The number of hydrogen-bond acceptors (Lipinski definition) is 3. The number of nitrogens with zero attached hydrogens (tertiary/aromatic N) is 1. The molecule has 116 valence electrons. The van der Waals surface area contributed by atoms with E-state index in [9.17, 15) is 9.18 Å². The average Bonchev–Trinajstić information content (AvgIpc) is 3.10. The number of benzene rings is 1. The standard InChI is InChI=1S/C17H14FN3OS/c18-15-3-1-2-4-16(15)21-17(22)20-9-12-7-14(10-19-8-12)13-5-6-23-11-13/h1-8,10-11H,9H2,(H2,20,21,22). The fourth-order valence-corrected chi connectivity index (χ4v) is 2.75. The Bertz CT molecular complexity index is 805. The lowest BCUT2D eigenvalue weighted by Crippen LogP contribution is -2.28. The van der Waals surface area contributed by atoms with Gasteiger partial charge in [-0.2, -0.15) is 11.3 Å². The molecule has 0 aliphatic heterocycles. The number of urea groups is 1. The van der Waals surface area contributed by atoms with E-state index in [1.807, 2.05) is 22.9 Å². The molecule has 2 aromatic heterocycles. The minimum absolute atomic E-state index is 0.148. The first-order chi connectivity index (χ1) is 11.2. The third-order valence-corrected chi connectivity index (χ3v) is 3.91. The summed E-state index contributed by atoms with van der Waals surface area (Å²) in [7, 11) is 0. The highest BCUT2D eigenvalue weighted by atomic mass is 32.1. The van der Waals surface area contributed by atoms with Crippen molar-refractivity contribution in [2.75, 3.05) is 5.32 Å². The minimum Gasteiger partial charge on any atom is -0.334 e. The summed E-state index contributed by atoms with van der Waals surface area (Å²) in [6, 6.07) is 9.56. The van der Waals surface area contributed by atoms with Crippen LogP contribution in [-0.2, 0) is 6.54 Å². The lowest BCUT2D eigenvalue weighted by atomic mass is 10.1. The van der Waals surface area contributed by atoms with Crippen molar-refractivity contribution in [3.63, 3.8) is 0 Å². The van der Waals surface area contributed by atoms with Gasteiger partial charge in [-0.3, -0.25) is 4.98 Å². The van der Waals surface area contributed by atoms with E-state index in [1.54, 1.807) is 35.9 Å². The fourth-order valence-electron chi connectivity index (χ4n) is 2.08. The predicted octanol–water partition coefficient (Wildman–Crippen LogP) is 4.27. The molecule has 0 aliphatic rings. The number of para-hydroxylation sites is 1. The Hall–Kier alpha value is -2.73. The van der Waals surface area contributed by atoms with Crippen LogP contribution in [0.2, 0.25) is 0 Å². The maximum Gasteiger partial charge on any atom is 0.319 e. The molecule has 23 heavy (non-hydrogen) atoms. The molecule has 0 unspecified atom stereocenters. The van der Waals surface area contributed by atoms with Gasteiger partial charge < -0.3 is 10.6 Å². The van der Waals surface area contributed by atoms with E-state index < -0.39 is 11.8 Å². The summed E-state index contributed by atoms with van der Waals surface area (Å²) >= 11 is 1.62. The molecular weight excluding hydrogens is 313 g/mol. The summed E-state index contributed by atoms with van der Waals surface area (Å²) in [5.41, 5.74) is 3.12. The highest BCUT2D eigenvalue weighted by Crippen LogP contribution is 2.21. The summed E-state index contributed by atoms with van der Waals surface area (Å²) in [6.07, 6.45) is 3.48. The molecule has 2 amide bonds. The second-order valence-corrected chi connectivity index (χ2v) is 5.66. The predicted molar refractivity (Wildman–Crippen MR) is 89.8 cm³/mol. The van der Waals surface area contributed by atoms with Gasteiger partial charge in [0.05, 0.1) is 5.69 Å². The third-order valence-electron chi connectivity index (χ3n) is 3.22. The summed E-state index contributed by atoms with van der Waals surface area (Å²) in [4.78, 5) is 16.0. The first-order valence-electron chi connectivity index (χ1n) is 6.98. The Morgan fingerprint density at radius 1 is 1.17 bits per heavy atom. The van der Waals surface area contributed by atoms with Crippen molar-refractivity contribution in [1.29, 1.82) is 0 Å². The van der Waals surface area contributed by atoms with Crippen molar-refractivity contribution in [3.05, 3.63) is 70.9 Å². The van der Waals surface area contributed by atoms with Gasteiger partial charge in [0.2, 0.25) is 0 Å². The van der Waals surface area contributed by atoms with Crippen molar-refractivity contribution in [2.45, 2.75) is 6.54 Å². The van der Waals surface area contributed by atoms with Crippen LogP contribution in [0.25, 0.3) is 11.1 Å². The van der Waals surface area contributed by atoms with Gasteiger partial charge in [0.1, 0.15) is 5.82 Å². The highest BCUT2D eigenvalue weighted by molar-refractivity contribution is 7.08. The van der Waals surface area contributed by atoms with Gasteiger partial charge in [0.15, 0.2) is 0 Å². The molecule has 0 atom stereocenters. The number of halogens is 1. The van der Waals surface area contributed by atoms with Crippen LogP contribution in [0.15, 0.2) is 59.6 Å². The number of carbonyl (C=O) groups is 1. The number of thiophene rings is 1. The number of amides is 2. The number of rotatable bonds is 4. The van der Waals surface area contributed by atoms with Gasteiger partial charge in [0, 0.05) is 24.5 Å². The van der Waals surface area contributed by atoms with Crippen LogP contribution < -0.4 is 10.6 Å². The lowest BCUT2D eigenvalue weighted by Gasteiger charge is -2.09. The highest BCUT2D eigenvalue weighted by Gasteiger charge is 2.06. The zero-order valence-corrected chi connectivity index (χ0v) is 12.9. The number of hydrogen-bond donors (Lipinski definition) is 2. The second kappa shape index (κ2) is 7.02. The molecule has 0 saturated heterocycles. The van der Waals surface area contributed by atoms with Crippen LogP contribution >= 0.6 is 11.3 Å². The summed E-state index contributed by atoms with van der Waals surface area (Å²) in [6.45, 7) is 0.311. The van der Waals surface area contributed by atoms with Gasteiger partial charge >= 0.3 is 6.03 Å². The number of nitrogens with one attached hydrogen (secondary N) is 2. The van der Waals surface area contributed by atoms with Gasteiger partial charge in [-0.05, 0) is 46.2 Å². The Morgan fingerprint density at radius 3 is 2.83 bits per heavy atom. The van der Waals surface area contributed by atoms with E-state index in [-0.39, 0.29) is 5.69 Å². The molecule has 0 fully saturated rings. The van der Waals surface area contributed by atoms with Gasteiger partial charge in [-0.15, -0.1) is 0 Å². The smallest absolute Gasteiger partial charge is 0.319 e. The van der Waals surface area contributed by atoms with Crippen LogP contribution in [0, 0.1) is 5.82 Å². The van der Waals surface area contributed by atoms with Crippen LogP contribution in [0.4, 0.5) is 14.9 Å². The average molecular weight is 327 g/mol. The van der Waals surface area contributed by atoms with Gasteiger partial charge in [0.25, 0.3) is 0 Å².